The third kappa shape index (κ3) is 2.29. The predicted octanol–water partition coefficient (Wildman–Crippen LogP) is 1.61. The summed E-state index contributed by atoms with van der Waals surface area (Å²) in [5.41, 5.74) is 0.908. The zero-order valence-corrected chi connectivity index (χ0v) is 9.59. The Kier molecular flexibility index (Phi) is 3.39. The van der Waals surface area contributed by atoms with Crippen LogP contribution in [0, 0.1) is 0 Å². The number of carboxylic acids is 1. The average Bonchev–Trinajstić information content (AvgIpc) is 2.72. The third-order valence-corrected chi connectivity index (χ3v) is 2.63. The van der Waals surface area contributed by atoms with E-state index < -0.39 is 5.97 Å². The first-order valence-electron chi connectivity index (χ1n) is 5.41. The normalized spacial score (nSPS) is 10.9. The minimum Gasteiger partial charge on any atom is -0.478 e. The number of aromatic carboxylic acids is 1. The van der Waals surface area contributed by atoms with Crippen LogP contribution in [0.3, 0.4) is 0 Å². The standard InChI is InChI=1S/C12H14N2O3/c1-17-7-3-5-11-13-8-10-9(12(15)16)4-2-6-14(10)11/h2,4,6,8H,3,5,7H2,1H3,(H,15,16). The summed E-state index contributed by atoms with van der Waals surface area (Å²) in [5, 5.41) is 9.05. The van der Waals surface area contributed by atoms with E-state index in [4.69, 9.17) is 9.84 Å². The second-order valence-corrected chi connectivity index (χ2v) is 3.75. The van der Waals surface area contributed by atoms with E-state index in [-0.39, 0.29) is 5.56 Å². The molecule has 0 atom stereocenters. The van der Waals surface area contributed by atoms with Gasteiger partial charge in [-0.15, -0.1) is 0 Å². The Morgan fingerprint density at radius 1 is 1.59 bits per heavy atom. The van der Waals surface area contributed by atoms with Gasteiger partial charge in [-0.3, -0.25) is 0 Å². The van der Waals surface area contributed by atoms with Crippen molar-refractivity contribution in [3.63, 3.8) is 0 Å². The Labute approximate surface area is 98.7 Å². The topological polar surface area (TPSA) is 63.8 Å². The predicted molar refractivity (Wildman–Crippen MR) is 62.3 cm³/mol. The van der Waals surface area contributed by atoms with Crippen molar-refractivity contribution in [1.82, 2.24) is 9.38 Å². The van der Waals surface area contributed by atoms with E-state index in [0.29, 0.717) is 12.1 Å². The van der Waals surface area contributed by atoms with E-state index in [1.807, 2.05) is 10.6 Å². The Morgan fingerprint density at radius 2 is 2.41 bits per heavy atom. The number of hydrogen-bond donors (Lipinski definition) is 1. The number of nitrogens with zero attached hydrogens (tertiary/aromatic N) is 2. The van der Waals surface area contributed by atoms with Crippen LogP contribution in [-0.2, 0) is 11.2 Å². The van der Waals surface area contributed by atoms with Gasteiger partial charge in [0.1, 0.15) is 5.82 Å². The highest BCUT2D eigenvalue weighted by Gasteiger charge is 2.11. The number of pyridine rings is 1. The molecule has 2 aromatic heterocycles. The zero-order chi connectivity index (χ0) is 12.3. The number of fused-ring (bicyclic) bond motifs is 1. The van der Waals surface area contributed by atoms with E-state index in [9.17, 15) is 4.79 Å². The summed E-state index contributed by atoms with van der Waals surface area (Å²) in [5.74, 6) is -0.0703. The number of aromatic nitrogens is 2. The van der Waals surface area contributed by atoms with Crippen LogP contribution in [0.5, 0.6) is 0 Å². The van der Waals surface area contributed by atoms with Gasteiger partial charge in [0, 0.05) is 26.3 Å². The van der Waals surface area contributed by atoms with Crippen LogP contribution in [0.25, 0.3) is 5.52 Å². The molecular formula is C12H14N2O3. The fraction of sp³-hybridized carbons (Fsp3) is 0.333. The molecule has 0 aliphatic carbocycles. The van der Waals surface area contributed by atoms with Crippen LogP contribution in [0.4, 0.5) is 0 Å². The molecule has 2 aromatic rings. The van der Waals surface area contributed by atoms with Crippen LogP contribution in [0.15, 0.2) is 24.5 Å². The van der Waals surface area contributed by atoms with Gasteiger partial charge in [-0.1, -0.05) is 0 Å². The molecule has 90 valence electrons. The van der Waals surface area contributed by atoms with Crippen molar-refractivity contribution in [2.45, 2.75) is 12.8 Å². The smallest absolute Gasteiger partial charge is 0.337 e. The number of imidazole rings is 1. The molecule has 0 aliphatic rings. The second-order valence-electron chi connectivity index (χ2n) is 3.75. The van der Waals surface area contributed by atoms with E-state index in [0.717, 1.165) is 18.7 Å². The monoisotopic (exact) mass is 234 g/mol. The Morgan fingerprint density at radius 3 is 3.12 bits per heavy atom. The third-order valence-electron chi connectivity index (χ3n) is 2.63. The van der Waals surface area contributed by atoms with Crippen LogP contribution < -0.4 is 0 Å². The van der Waals surface area contributed by atoms with Crippen molar-refractivity contribution in [1.29, 1.82) is 0 Å². The maximum atomic E-state index is 11.0. The van der Waals surface area contributed by atoms with E-state index in [1.54, 1.807) is 25.4 Å². The van der Waals surface area contributed by atoms with Gasteiger partial charge in [0.05, 0.1) is 17.3 Å². The summed E-state index contributed by atoms with van der Waals surface area (Å²) >= 11 is 0. The van der Waals surface area contributed by atoms with Gasteiger partial charge >= 0.3 is 5.97 Å². The number of carbonyl (C=O) groups is 1. The highest BCUT2D eigenvalue weighted by Crippen LogP contribution is 2.13. The Bertz CT molecular complexity index is 534. The van der Waals surface area contributed by atoms with Gasteiger partial charge in [0.15, 0.2) is 0 Å². The summed E-state index contributed by atoms with van der Waals surface area (Å²) in [6.07, 6.45) is 5.07. The molecule has 0 radical (unpaired) electrons. The summed E-state index contributed by atoms with van der Waals surface area (Å²) in [6.45, 7) is 0.674. The minimum atomic E-state index is -0.932. The molecule has 5 nitrogen and oxygen atoms in total. The first kappa shape index (κ1) is 11.6. The van der Waals surface area contributed by atoms with Crippen LogP contribution in [0.1, 0.15) is 22.6 Å². The molecule has 0 spiro atoms. The Balaban J connectivity index is 2.34. The van der Waals surface area contributed by atoms with Crippen molar-refractivity contribution >= 4 is 11.5 Å². The highest BCUT2D eigenvalue weighted by atomic mass is 16.5. The van der Waals surface area contributed by atoms with Gasteiger partial charge in [0.2, 0.25) is 0 Å². The van der Waals surface area contributed by atoms with Gasteiger partial charge in [0.25, 0.3) is 0 Å². The molecule has 0 saturated carbocycles. The van der Waals surface area contributed by atoms with E-state index in [1.165, 1.54) is 0 Å². The van der Waals surface area contributed by atoms with E-state index in [2.05, 4.69) is 4.98 Å². The van der Waals surface area contributed by atoms with Gasteiger partial charge in [-0.05, 0) is 18.6 Å². The van der Waals surface area contributed by atoms with Crippen LogP contribution in [-0.4, -0.2) is 34.2 Å². The number of carboxylic acid groups (broad SMARTS) is 1. The average molecular weight is 234 g/mol. The molecule has 17 heavy (non-hydrogen) atoms. The lowest BCUT2D eigenvalue weighted by molar-refractivity contribution is 0.0698. The summed E-state index contributed by atoms with van der Waals surface area (Å²) in [4.78, 5) is 15.3. The molecule has 0 saturated heterocycles. The molecule has 0 fully saturated rings. The zero-order valence-electron chi connectivity index (χ0n) is 9.59. The van der Waals surface area contributed by atoms with Crippen molar-refractivity contribution in [2.75, 3.05) is 13.7 Å². The van der Waals surface area contributed by atoms with Gasteiger partial charge in [-0.25, -0.2) is 9.78 Å². The second kappa shape index (κ2) is 4.97. The molecule has 0 aromatic carbocycles. The molecule has 5 heteroatoms. The fourth-order valence-electron chi connectivity index (χ4n) is 1.82. The number of hydrogen-bond acceptors (Lipinski definition) is 3. The summed E-state index contributed by atoms with van der Waals surface area (Å²) in [7, 11) is 1.66. The molecule has 2 heterocycles. The summed E-state index contributed by atoms with van der Waals surface area (Å²) < 4.78 is 6.80. The lowest BCUT2D eigenvalue weighted by Gasteiger charge is -2.02. The molecule has 0 bridgehead atoms. The van der Waals surface area contributed by atoms with Crippen molar-refractivity contribution in [3.8, 4) is 0 Å². The maximum absolute atomic E-state index is 11.0. The van der Waals surface area contributed by atoms with Crippen LogP contribution >= 0.6 is 0 Å². The first-order valence-corrected chi connectivity index (χ1v) is 5.41. The fourth-order valence-corrected chi connectivity index (χ4v) is 1.82. The summed E-state index contributed by atoms with van der Waals surface area (Å²) in [6, 6.07) is 3.30. The Hall–Kier alpha value is -1.88. The molecule has 0 aliphatic heterocycles. The molecule has 0 amide bonds. The number of ether oxygens (including phenoxy) is 1. The van der Waals surface area contributed by atoms with E-state index >= 15 is 0 Å². The molecule has 1 N–H and O–H groups in total. The number of rotatable bonds is 5. The first-order chi connectivity index (χ1) is 8.24. The van der Waals surface area contributed by atoms with Crippen LogP contribution in [0.2, 0.25) is 0 Å². The lowest BCUT2D eigenvalue weighted by atomic mass is 10.2. The van der Waals surface area contributed by atoms with Gasteiger partial charge < -0.3 is 14.2 Å². The number of methoxy groups -OCH3 is 1. The molecule has 0 unspecified atom stereocenters. The lowest BCUT2D eigenvalue weighted by Crippen LogP contribution is -2.02. The molecule has 2 rings (SSSR count). The highest BCUT2D eigenvalue weighted by molar-refractivity contribution is 5.95. The van der Waals surface area contributed by atoms with Gasteiger partial charge in [-0.2, -0.15) is 0 Å². The van der Waals surface area contributed by atoms with Crippen molar-refractivity contribution in [2.24, 2.45) is 0 Å². The minimum absolute atomic E-state index is 0.276. The SMILES string of the molecule is COCCCc1ncc2c(C(=O)O)cccn12. The number of aryl methyl sites for hydroxylation is 1. The maximum Gasteiger partial charge on any atom is 0.337 e. The van der Waals surface area contributed by atoms with Crippen molar-refractivity contribution < 1.29 is 14.6 Å². The largest absolute Gasteiger partial charge is 0.478 e. The quantitative estimate of drug-likeness (QED) is 0.798. The molecular weight excluding hydrogens is 220 g/mol. The van der Waals surface area contributed by atoms with Crippen molar-refractivity contribution in [3.05, 3.63) is 35.9 Å².